The van der Waals surface area contributed by atoms with Gasteiger partial charge in [0.15, 0.2) is 5.58 Å². The zero-order valence-electron chi connectivity index (χ0n) is 10.1. The molecular formula is C14H10N2O3. The van der Waals surface area contributed by atoms with Gasteiger partial charge in [0.05, 0.1) is 0 Å². The van der Waals surface area contributed by atoms with Crippen LogP contribution in [-0.4, -0.2) is 21.0 Å². The number of fused-ring (bicyclic) bond motifs is 1. The molecule has 0 spiro atoms. The molecule has 0 amide bonds. The number of aromatic nitrogens is 2. The number of aromatic carboxylic acids is 1. The van der Waals surface area contributed by atoms with E-state index in [0.717, 1.165) is 11.1 Å². The lowest BCUT2D eigenvalue weighted by Crippen LogP contribution is -2.00. The second-order valence-corrected chi connectivity index (χ2v) is 4.20. The smallest absolute Gasteiger partial charge is 0.354 e. The van der Waals surface area contributed by atoms with E-state index in [1.54, 1.807) is 12.1 Å². The summed E-state index contributed by atoms with van der Waals surface area (Å²) in [6.07, 6.45) is 0. The van der Waals surface area contributed by atoms with Gasteiger partial charge in [-0.2, -0.15) is 0 Å². The number of carboxylic acid groups (broad SMARTS) is 1. The van der Waals surface area contributed by atoms with Gasteiger partial charge in [0.25, 0.3) is 0 Å². The molecule has 0 fully saturated rings. The highest BCUT2D eigenvalue weighted by molar-refractivity contribution is 5.86. The number of aryl methyl sites for hydroxylation is 1. The minimum atomic E-state index is -1.08. The summed E-state index contributed by atoms with van der Waals surface area (Å²) in [5.74, 6) is -0.752. The Morgan fingerprint density at radius 3 is 2.84 bits per heavy atom. The van der Waals surface area contributed by atoms with E-state index in [0.29, 0.717) is 17.2 Å². The van der Waals surface area contributed by atoms with E-state index in [4.69, 9.17) is 9.52 Å². The zero-order chi connectivity index (χ0) is 13.4. The van der Waals surface area contributed by atoms with Crippen molar-refractivity contribution in [2.45, 2.75) is 6.92 Å². The maximum Gasteiger partial charge on any atom is 0.354 e. The number of benzene rings is 1. The van der Waals surface area contributed by atoms with Crippen LogP contribution in [0.25, 0.3) is 22.7 Å². The largest absolute Gasteiger partial charge is 0.477 e. The summed E-state index contributed by atoms with van der Waals surface area (Å²) in [5.41, 5.74) is 2.85. The van der Waals surface area contributed by atoms with Crippen LogP contribution in [-0.2, 0) is 0 Å². The molecule has 0 aliphatic carbocycles. The topological polar surface area (TPSA) is 76.2 Å². The van der Waals surface area contributed by atoms with Gasteiger partial charge in [-0.3, -0.25) is 0 Å². The van der Waals surface area contributed by atoms with Gasteiger partial charge < -0.3 is 9.52 Å². The normalized spacial score (nSPS) is 10.8. The van der Waals surface area contributed by atoms with Gasteiger partial charge in [0.1, 0.15) is 16.9 Å². The summed E-state index contributed by atoms with van der Waals surface area (Å²) in [5, 5.41) is 8.92. The lowest BCUT2D eigenvalue weighted by atomic mass is 10.2. The van der Waals surface area contributed by atoms with Crippen molar-refractivity contribution < 1.29 is 14.3 Å². The molecule has 1 aromatic carbocycles. The molecule has 1 N–H and O–H groups in total. The van der Waals surface area contributed by atoms with Crippen molar-refractivity contribution in [3.63, 3.8) is 0 Å². The van der Waals surface area contributed by atoms with Crippen LogP contribution in [0.5, 0.6) is 0 Å². The van der Waals surface area contributed by atoms with E-state index in [1.165, 1.54) is 6.07 Å². The van der Waals surface area contributed by atoms with Gasteiger partial charge in [-0.05, 0) is 36.8 Å². The number of oxazole rings is 1. The van der Waals surface area contributed by atoms with Crippen LogP contribution in [0.4, 0.5) is 0 Å². The van der Waals surface area contributed by atoms with E-state index in [-0.39, 0.29) is 5.69 Å². The van der Waals surface area contributed by atoms with Crippen LogP contribution in [0.3, 0.4) is 0 Å². The molecule has 5 nitrogen and oxygen atoms in total. The maximum absolute atomic E-state index is 10.9. The van der Waals surface area contributed by atoms with Crippen molar-refractivity contribution >= 4 is 17.1 Å². The lowest BCUT2D eigenvalue weighted by molar-refractivity contribution is 0.0690. The number of hydrogen-bond donors (Lipinski definition) is 1. The van der Waals surface area contributed by atoms with Crippen molar-refractivity contribution in [1.82, 2.24) is 9.97 Å². The van der Waals surface area contributed by atoms with Crippen molar-refractivity contribution in [2.24, 2.45) is 0 Å². The van der Waals surface area contributed by atoms with Crippen LogP contribution in [0.2, 0.25) is 0 Å². The van der Waals surface area contributed by atoms with E-state index >= 15 is 0 Å². The Labute approximate surface area is 108 Å². The van der Waals surface area contributed by atoms with Gasteiger partial charge in [0.2, 0.25) is 5.89 Å². The summed E-state index contributed by atoms with van der Waals surface area (Å²) >= 11 is 0. The lowest BCUT2D eigenvalue weighted by Gasteiger charge is -1.96. The molecule has 2 aromatic heterocycles. The highest BCUT2D eigenvalue weighted by Gasteiger charge is 2.12. The molecule has 5 heteroatoms. The molecule has 0 unspecified atom stereocenters. The third-order valence-electron chi connectivity index (χ3n) is 2.73. The van der Waals surface area contributed by atoms with E-state index < -0.39 is 5.97 Å². The molecule has 0 atom stereocenters. The number of nitrogens with zero attached hydrogens (tertiary/aromatic N) is 2. The fourth-order valence-electron chi connectivity index (χ4n) is 1.82. The maximum atomic E-state index is 10.9. The Morgan fingerprint density at radius 2 is 2.05 bits per heavy atom. The summed E-state index contributed by atoms with van der Waals surface area (Å²) in [4.78, 5) is 19.2. The molecule has 19 heavy (non-hydrogen) atoms. The molecule has 94 valence electrons. The molecule has 3 aromatic rings. The highest BCUT2D eigenvalue weighted by atomic mass is 16.4. The SMILES string of the molecule is Cc1ccc2oc(-c3cccc(C(=O)O)n3)nc2c1. The minimum Gasteiger partial charge on any atom is -0.477 e. The third-order valence-corrected chi connectivity index (χ3v) is 2.73. The monoisotopic (exact) mass is 254 g/mol. The van der Waals surface area contributed by atoms with Gasteiger partial charge in [-0.1, -0.05) is 12.1 Å². The first-order valence-corrected chi connectivity index (χ1v) is 5.71. The molecule has 3 rings (SSSR count). The van der Waals surface area contributed by atoms with Crippen LogP contribution in [0, 0.1) is 6.92 Å². The Morgan fingerprint density at radius 1 is 1.21 bits per heavy atom. The average molecular weight is 254 g/mol. The van der Waals surface area contributed by atoms with Crippen molar-refractivity contribution in [2.75, 3.05) is 0 Å². The predicted molar refractivity (Wildman–Crippen MR) is 68.9 cm³/mol. The molecule has 0 saturated carbocycles. The Balaban J connectivity index is 2.13. The first-order valence-electron chi connectivity index (χ1n) is 5.71. The number of hydrogen-bond acceptors (Lipinski definition) is 4. The molecule has 0 bridgehead atoms. The Kier molecular flexibility index (Phi) is 2.52. The second-order valence-electron chi connectivity index (χ2n) is 4.20. The molecule has 2 heterocycles. The summed E-state index contributed by atoms with van der Waals surface area (Å²) < 4.78 is 5.58. The minimum absolute atomic E-state index is 0.0315. The number of rotatable bonds is 2. The van der Waals surface area contributed by atoms with E-state index in [1.807, 2.05) is 25.1 Å². The molecule has 0 radical (unpaired) electrons. The molecule has 0 saturated heterocycles. The number of carbonyl (C=O) groups is 1. The fraction of sp³-hybridized carbons (Fsp3) is 0.0714. The predicted octanol–water partition coefficient (Wildman–Crippen LogP) is 2.90. The number of carboxylic acids is 1. The number of pyridine rings is 1. The van der Waals surface area contributed by atoms with Crippen LogP contribution in [0.1, 0.15) is 16.1 Å². The van der Waals surface area contributed by atoms with E-state index in [2.05, 4.69) is 9.97 Å². The van der Waals surface area contributed by atoms with Crippen LogP contribution >= 0.6 is 0 Å². The van der Waals surface area contributed by atoms with Crippen molar-refractivity contribution in [3.8, 4) is 11.6 Å². The van der Waals surface area contributed by atoms with Gasteiger partial charge in [-0.25, -0.2) is 14.8 Å². The first-order chi connectivity index (χ1) is 9.13. The molecule has 0 aliphatic heterocycles. The average Bonchev–Trinajstić information content (AvgIpc) is 2.81. The first kappa shape index (κ1) is 11.4. The van der Waals surface area contributed by atoms with E-state index in [9.17, 15) is 4.79 Å². The van der Waals surface area contributed by atoms with Gasteiger partial charge in [0, 0.05) is 0 Å². The quantitative estimate of drug-likeness (QED) is 0.760. The molecular weight excluding hydrogens is 244 g/mol. The van der Waals surface area contributed by atoms with Gasteiger partial charge >= 0.3 is 5.97 Å². The van der Waals surface area contributed by atoms with Crippen molar-refractivity contribution in [3.05, 3.63) is 47.7 Å². The summed E-state index contributed by atoms with van der Waals surface area (Å²) in [7, 11) is 0. The summed E-state index contributed by atoms with van der Waals surface area (Å²) in [6.45, 7) is 1.97. The molecule has 0 aliphatic rings. The standard InChI is InChI=1S/C14H10N2O3/c1-8-5-6-12-11(7-8)16-13(19-12)9-3-2-4-10(15-9)14(17)18/h2-7H,1H3,(H,17,18). The van der Waals surface area contributed by atoms with Crippen molar-refractivity contribution in [1.29, 1.82) is 0 Å². The van der Waals surface area contributed by atoms with Gasteiger partial charge in [-0.15, -0.1) is 0 Å². The van der Waals surface area contributed by atoms with Crippen LogP contribution in [0.15, 0.2) is 40.8 Å². The Hall–Kier alpha value is -2.69. The van der Waals surface area contributed by atoms with Crippen LogP contribution < -0.4 is 0 Å². The third kappa shape index (κ3) is 2.06. The Bertz CT molecular complexity index is 777. The highest BCUT2D eigenvalue weighted by Crippen LogP contribution is 2.23. The second kappa shape index (κ2) is 4.20. The summed E-state index contributed by atoms with van der Waals surface area (Å²) in [6, 6.07) is 10.4. The fourth-order valence-corrected chi connectivity index (χ4v) is 1.82. The zero-order valence-corrected chi connectivity index (χ0v) is 10.1.